The van der Waals surface area contributed by atoms with Crippen molar-refractivity contribution >= 4 is 0 Å². The summed E-state index contributed by atoms with van der Waals surface area (Å²) in [6.07, 6.45) is 4.73. The Morgan fingerprint density at radius 1 is 1.41 bits per heavy atom. The third kappa shape index (κ3) is 2.74. The van der Waals surface area contributed by atoms with Crippen molar-refractivity contribution in [2.75, 3.05) is 0 Å². The molecular formula is C14H19N3. The van der Waals surface area contributed by atoms with E-state index < -0.39 is 0 Å². The molecule has 3 nitrogen and oxygen atoms in total. The first-order chi connectivity index (χ1) is 8.20. The SMILES string of the molecule is CCC(N)Cn1cncc1-c1cccc(C)c1. The van der Waals surface area contributed by atoms with Gasteiger partial charge in [-0.3, -0.25) is 0 Å². The van der Waals surface area contributed by atoms with Crippen LogP contribution in [0.15, 0.2) is 36.8 Å². The highest BCUT2D eigenvalue weighted by Crippen LogP contribution is 2.20. The van der Waals surface area contributed by atoms with Gasteiger partial charge in [-0.05, 0) is 19.4 Å². The number of aryl methyl sites for hydroxylation is 1. The van der Waals surface area contributed by atoms with Crippen LogP contribution in [0.25, 0.3) is 11.3 Å². The van der Waals surface area contributed by atoms with Crippen LogP contribution in [0.2, 0.25) is 0 Å². The van der Waals surface area contributed by atoms with Crippen LogP contribution in [-0.2, 0) is 6.54 Å². The first-order valence-electron chi connectivity index (χ1n) is 6.03. The quantitative estimate of drug-likeness (QED) is 0.875. The molecule has 0 bridgehead atoms. The van der Waals surface area contributed by atoms with Gasteiger partial charge in [0.1, 0.15) is 0 Å². The van der Waals surface area contributed by atoms with Gasteiger partial charge in [-0.1, -0.05) is 30.7 Å². The molecule has 1 atom stereocenters. The molecule has 1 unspecified atom stereocenters. The van der Waals surface area contributed by atoms with Gasteiger partial charge in [-0.25, -0.2) is 4.98 Å². The molecule has 17 heavy (non-hydrogen) atoms. The van der Waals surface area contributed by atoms with Crippen molar-refractivity contribution in [1.29, 1.82) is 0 Å². The summed E-state index contributed by atoms with van der Waals surface area (Å²) < 4.78 is 2.13. The largest absolute Gasteiger partial charge is 0.329 e. The highest BCUT2D eigenvalue weighted by atomic mass is 15.1. The summed E-state index contributed by atoms with van der Waals surface area (Å²) in [6.45, 7) is 5.02. The number of hydrogen-bond acceptors (Lipinski definition) is 2. The first kappa shape index (κ1) is 11.9. The molecule has 2 N–H and O–H groups in total. The van der Waals surface area contributed by atoms with Gasteiger partial charge >= 0.3 is 0 Å². The van der Waals surface area contributed by atoms with Crippen molar-refractivity contribution < 1.29 is 0 Å². The Hall–Kier alpha value is -1.61. The van der Waals surface area contributed by atoms with Gasteiger partial charge < -0.3 is 10.3 Å². The molecule has 0 aliphatic rings. The van der Waals surface area contributed by atoms with E-state index in [1.165, 1.54) is 11.1 Å². The predicted octanol–water partition coefficient (Wildman–Crippen LogP) is 2.60. The Labute approximate surface area is 102 Å². The number of hydrogen-bond donors (Lipinski definition) is 1. The molecule has 1 aromatic carbocycles. The van der Waals surface area contributed by atoms with Crippen LogP contribution in [-0.4, -0.2) is 15.6 Å². The van der Waals surface area contributed by atoms with Crippen LogP contribution in [0, 0.1) is 6.92 Å². The minimum absolute atomic E-state index is 0.188. The van der Waals surface area contributed by atoms with Crippen LogP contribution in [0.4, 0.5) is 0 Å². The fraction of sp³-hybridized carbons (Fsp3) is 0.357. The number of nitrogens with zero attached hydrogens (tertiary/aromatic N) is 2. The molecule has 1 aromatic heterocycles. The Morgan fingerprint density at radius 2 is 2.24 bits per heavy atom. The maximum Gasteiger partial charge on any atom is 0.0951 e. The van der Waals surface area contributed by atoms with Gasteiger partial charge in [-0.2, -0.15) is 0 Å². The lowest BCUT2D eigenvalue weighted by molar-refractivity contribution is 0.542. The van der Waals surface area contributed by atoms with Crippen LogP contribution in [0.5, 0.6) is 0 Å². The van der Waals surface area contributed by atoms with Crippen molar-refractivity contribution in [2.45, 2.75) is 32.9 Å². The number of rotatable bonds is 4. The molecule has 3 heteroatoms. The van der Waals surface area contributed by atoms with E-state index in [4.69, 9.17) is 5.73 Å². The van der Waals surface area contributed by atoms with Gasteiger partial charge in [0.2, 0.25) is 0 Å². The van der Waals surface area contributed by atoms with E-state index in [1.54, 1.807) is 0 Å². The highest BCUT2D eigenvalue weighted by molar-refractivity contribution is 5.59. The first-order valence-corrected chi connectivity index (χ1v) is 6.03. The summed E-state index contributed by atoms with van der Waals surface area (Å²) in [6, 6.07) is 8.64. The molecule has 2 aromatic rings. The summed E-state index contributed by atoms with van der Waals surface area (Å²) in [7, 11) is 0. The number of nitrogens with two attached hydrogens (primary N) is 1. The lowest BCUT2D eigenvalue weighted by atomic mass is 10.1. The Balaban J connectivity index is 2.30. The Bertz CT molecular complexity index is 488. The number of imidazole rings is 1. The van der Waals surface area contributed by atoms with Gasteiger partial charge in [0.05, 0.1) is 18.2 Å². The second-order valence-electron chi connectivity index (χ2n) is 4.47. The smallest absolute Gasteiger partial charge is 0.0951 e. The summed E-state index contributed by atoms with van der Waals surface area (Å²) >= 11 is 0. The van der Waals surface area contributed by atoms with Crippen LogP contribution < -0.4 is 5.73 Å². The molecule has 90 valence electrons. The number of benzene rings is 1. The monoisotopic (exact) mass is 229 g/mol. The topological polar surface area (TPSA) is 43.8 Å². The van der Waals surface area contributed by atoms with E-state index in [-0.39, 0.29) is 6.04 Å². The zero-order valence-electron chi connectivity index (χ0n) is 10.4. The minimum Gasteiger partial charge on any atom is -0.329 e. The third-order valence-corrected chi connectivity index (χ3v) is 2.98. The van der Waals surface area contributed by atoms with E-state index in [1.807, 2.05) is 12.5 Å². The zero-order valence-corrected chi connectivity index (χ0v) is 10.4. The molecule has 1 heterocycles. The Kier molecular flexibility index (Phi) is 3.59. The predicted molar refractivity (Wildman–Crippen MR) is 70.7 cm³/mol. The molecule has 0 radical (unpaired) electrons. The normalized spacial score (nSPS) is 12.6. The van der Waals surface area contributed by atoms with Crippen molar-refractivity contribution in [3.8, 4) is 11.3 Å². The fourth-order valence-electron chi connectivity index (χ4n) is 1.89. The Morgan fingerprint density at radius 3 is 2.94 bits per heavy atom. The molecule has 0 saturated heterocycles. The van der Waals surface area contributed by atoms with Gasteiger partial charge in [0.15, 0.2) is 0 Å². The molecule has 0 saturated carbocycles. The fourth-order valence-corrected chi connectivity index (χ4v) is 1.89. The lowest BCUT2D eigenvalue weighted by Gasteiger charge is -2.13. The van der Waals surface area contributed by atoms with Crippen molar-refractivity contribution in [2.24, 2.45) is 5.73 Å². The molecule has 0 amide bonds. The second-order valence-corrected chi connectivity index (χ2v) is 4.47. The van der Waals surface area contributed by atoms with Crippen LogP contribution in [0.3, 0.4) is 0 Å². The van der Waals surface area contributed by atoms with Gasteiger partial charge in [0, 0.05) is 18.2 Å². The zero-order chi connectivity index (χ0) is 12.3. The lowest BCUT2D eigenvalue weighted by Crippen LogP contribution is -2.25. The van der Waals surface area contributed by atoms with Crippen LogP contribution >= 0.6 is 0 Å². The average Bonchev–Trinajstić information content (AvgIpc) is 2.77. The maximum atomic E-state index is 5.99. The van der Waals surface area contributed by atoms with E-state index in [2.05, 4.69) is 47.7 Å². The molecule has 2 rings (SSSR count). The van der Waals surface area contributed by atoms with E-state index in [0.717, 1.165) is 18.7 Å². The molecule has 0 spiro atoms. The molecular weight excluding hydrogens is 210 g/mol. The van der Waals surface area contributed by atoms with E-state index in [9.17, 15) is 0 Å². The minimum atomic E-state index is 0.188. The average molecular weight is 229 g/mol. The van der Waals surface area contributed by atoms with Crippen molar-refractivity contribution in [1.82, 2.24) is 9.55 Å². The van der Waals surface area contributed by atoms with Crippen molar-refractivity contribution in [3.05, 3.63) is 42.4 Å². The molecule has 0 aliphatic heterocycles. The number of aromatic nitrogens is 2. The third-order valence-electron chi connectivity index (χ3n) is 2.98. The molecule has 0 aliphatic carbocycles. The van der Waals surface area contributed by atoms with E-state index >= 15 is 0 Å². The summed E-state index contributed by atoms with van der Waals surface area (Å²) in [5.74, 6) is 0. The summed E-state index contributed by atoms with van der Waals surface area (Å²) in [4.78, 5) is 4.22. The van der Waals surface area contributed by atoms with Gasteiger partial charge in [0.25, 0.3) is 0 Å². The summed E-state index contributed by atoms with van der Waals surface area (Å²) in [5.41, 5.74) is 9.59. The van der Waals surface area contributed by atoms with Crippen molar-refractivity contribution in [3.63, 3.8) is 0 Å². The van der Waals surface area contributed by atoms with Gasteiger partial charge in [-0.15, -0.1) is 0 Å². The second kappa shape index (κ2) is 5.15. The summed E-state index contributed by atoms with van der Waals surface area (Å²) in [5, 5.41) is 0. The highest BCUT2D eigenvalue weighted by Gasteiger charge is 2.07. The van der Waals surface area contributed by atoms with E-state index in [0.29, 0.717) is 0 Å². The maximum absolute atomic E-state index is 5.99. The standard InChI is InChI=1S/C14H19N3/c1-3-13(15)9-17-10-16-8-14(17)12-6-4-5-11(2)7-12/h4-8,10,13H,3,9,15H2,1-2H3. The van der Waals surface area contributed by atoms with Crippen LogP contribution in [0.1, 0.15) is 18.9 Å². The molecule has 0 fully saturated rings.